The maximum Gasteiger partial charge on any atom is 0.239 e. The van der Waals surface area contributed by atoms with Crippen molar-refractivity contribution in [2.24, 2.45) is 5.92 Å². The number of hydrogen-bond donors (Lipinski definition) is 2. The molecule has 1 aromatic carbocycles. The average Bonchev–Trinajstić information content (AvgIpc) is 3.49. The van der Waals surface area contributed by atoms with Crippen molar-refractivity contribution in [3.8, 4) is 0 Å². The minimum absolute atomic E-state index is 0.0181. The summed E-state index contributed by atoms with van der Waals surface area (Å²) in [6.07, 6.45) is 2.26. The predicted molar refractivity (Wildman–Crippen MR) is 96.5 cm³/mol. The minimum atomic E-state index is -0.221. The Morgan fingerprint density at radius 1 is 1.12 bits per heavy atom. The number of benzene rings is 1. The molecule has 2 N–H and O–H groups in total. The highest BCUT2D eigenvalue weighted by atomic mass is 16.2. The van der Waals surface area contributed by atoms with E-state index in [-0.39, 0.29) is 29.7 Å². The summed E-state index contributed by atoms with van der Waals surface area (Å²) in [5, 5.41) is 5.77. The first-order valence-electron chi connectivity index (χ1n) is 9.29. The lowest BCUT2D eigenvalue weighted by Crippen LogP contribution is -2.64. The summed E-state index contributed by atoms with van der Waals surface area (Å²) in [7, 11) is 0. The molecule has 0 aromatic heterocycles. The van der Waals surface area contributed by atoms with Gasteiger partial charge >= 0.3 is 0 Å². The van der Waals surface area contributed by atoms with Crippen LogP contribution < -0.4 is 10.6 Å². The third kappa shape index (κ3) is 3.72. The average molecular weight is 356 g/mol. The summed E-state index contributed by atoms with van der Waals surface area (Å²) >= 11 is 0. The Morgan fingerprint density at radius 3 is 2.62 bits per heavy atom. The Balaban J connectivity index is 1.32. The van der Waals surface area contributed by atoms with Gasteiger partial charge in [0, 0.05) is 44.3 Å². The van der Waals surface area contributed by atoms with Crippen LogP contribution >= 0.6 is 0 Å². The largest absolute Gasteiger partial charge is 0.353 e. The van der Waals surface area contributed by atoms with Crippen molar-refractivity contribution in [3.63, 3.8) is 0 Å². The Labute approximate surface area is 152 Å². The van der Waals surface area contributed by atoms with Crippen molar-refractivity contribution in [1.29, 1.82) is 0 Å². The fourth-order valence-corrected chi connectivity index (χ4v) is 3.59. The summed E-state index contributed by atoms with van der Waals surface area (Å²) in [5.74, 6) is 0.312. The van der Waals surface area contributed by atoms with Crippen molar-refractivity contribution >= 4 is 23.4 Å². The van der Waals surface area contributed by atoms with E-state index < -0.39 is 0 Å². The quantitative estimate of drug-likeness (QED) is 0.809. The number of nitrogens with one attached hydrogen (secondary N) is 2. The number of anilines is 1. The summed E-state index contributed by atoms with van der Waals surface area (Å²) in [4.78, 5) is 40.3. The fourth-order valence-electron chi connectivity index (χ4n) is 3.59. The summed E-state index contributed by atoms with van der Waals surface area (Å²) in [6, 6.07) is 7.22. The smallest absolute Gasteiger partial charge is 0.239 e. The van der Waals surface area contributed by atoms with Gasteiger partial charge in [0.05, 0.1) is 6.42 Å². The molecule has 2 saturated heterocycles. The number of piperazine rings is 2. The Kier molecular flexibility index (Phi) is 4.63. The molecule has 26 heavy (non-hydrogen) atoms. The second-order valence-corrected chi connectivity index (χ2v) is 7.32. The van der Waals surface area contributed by atoms with Crippen molar-refractivity contribution in [2.75, 3.05) is 38.0 Å². The predicted octanol–water partition coefficient (Wildman–Crippen LogP) is 0.220. The van der Waals surface area contributed by atoms with Gasteiger partial charge in [0.15, 0.2) is 0 Å². The van der Waals surface area contributed by atoms with E-state index in [0.717, 1.165) is 37.2 Å². The van der Waals surface area contributed by atoms with Crippen LogP contribution in [0.25, 0.3) is 0 Å². The monoisotopic (exact) mass is 356 g/mol. The highest BCUT2D eigenvalue weighted by Crippen LogP contribution is 2.30. The van der Waals surface area contributed by atoms with Gasteiger partial charge in [-0.3, -0.25) is 19.3 Å². The molecule has 1 aromatic rings. The standard InChI is InChI=1S/C19H24N4O3/c24-17(23-10-9-22-8-7-20-19(26)16(22)12-23)11-13-1-5-15(6-2-13)21-18(25)14-3-4-14/h1-2,5-6,14,16H,3-4,7-12H2,(H,20,26)(H,21,25)/t16-/m1/s1. The van der Waals surface area contributed by atoms with E-state index in [1.807, 2.05) is 24.3 Å². The Bertz CT molecular complexity index is 714. The molecule has 0 radical (unpaired) electrons. The third-order valence-electron chi connectivity index (χ3n) is 5.37. The molecule has 3 aliphatic rings. The Morgan fingerprint density at radius 2 is 1.88 bits per heavy atom. The Hall–Kier alpha value is -2.41. The molecule has 1 atom stereocenters. The summed E-state index contributed by atoms with van der Waals surface area (Å²) < 4.78 is 0. The highest BCUT2D eigenvalue weighted by Gasteiger charge is 2.36. The van der Waals surface area contributed by atoms with Gasteiger partial charge < -0.3 is 15.5 Å². The van der Waals surface area contributed by atoms with Gasteiger partial charge in [-0.2, -0.15) is 0 Å². The van der Waals surface area contributed by atoms with Crippen LogP contribution in [0.5, 0.6) is 0 Å². The zero-order valence-electron chi connectivity index (χ0n) is 14.7. The molecule has 138 valence electrons. The zero-order valence-corrected chi connectivity index (χ0v) is 14.7. The van der Waals surface area contributed by atoms with Gasteiger partial charge in [0.2, 0.25) is 17.7 Å². The number of carbonyl (C=O) groups is 3. The normalized spacial score (nSPS) is 23.2. The topological polar surface area (TPSA) is 81.8 Å². The van der Waals surface area contributed by atoms with Crippen molar-refractivity contribution < 1.29 is 14.4 Å². The third-order valence-corrected chi connectivity index (χ3v) is 5.37. The summed E-state index contributed by atoms with van der Waals surface area (Å²) in [5.41, 5.74) is 1.68. The van der Waals surface area contributed by atoms with Crippen LogP contribution in [0.2, 0.25) is 0 Å². The molecule has 7 heteroatoms. The molecule has 2 heterocycles. The first kappa shape index (κ1) is 17.0. The maximum atomic E-state index is 12.6. The van der Waals surface area contributed by atoms with Crippen LogP contribution in [0.4, 0.5) is 5.69 Å². The molecule has 0 spiro atoms. The van der Waals surface area contributed by atoms with E-state index in [1.54, 1.807) is 4.90 Å². The highest BCUT2D eigenvalue weighted by molar-refractivity contribution is 5.94. The van der Waals surface area contributed by atoms with Crippen LogP contribution in [0.3, 0.4) is 0 Å². The van der Waals surface area contributed by atoms with E-state index in [1.165, 1.54) is 0 Å². The fraction of sp³-hybridized carbons (Fsp3) is 0.526. The van der Waals surface area contributed by atoms with Gasteiger partial charge in [0.1, 0.15) is 6.04 Å². The molecule has 4 rings (SSSR count). The molecule has 0 unspecified atom stereocenters. The molecular weight excluding hydrogens is 332 g/mol. The van der Waals surface area contributed by atoms with Crippen molar-refractivity contribution in [2.45, 2.75) is 25.3 Å². The minimum Gasteiger partial charge on any atom is -0.353 e. The van der Waals surface area contributed by atoms with Crippen molar-refractivity contribution in [3.05, 3.63) is 29.8 Å². The number of amides is 3. The SMILES string of the molecule is O=C(Nc1ccc(CC(=O)N2CCN3CCNC(=O)[C@H]3C2)cc1)C1CC1. The lowest BCUT2D eigenvalue weighted by atomic mass is 10.1. The van der Waals surface area contributed by atoms with Crippen LogP contribution in [0.1, 0.15) is 18.4 Å². The van der Waals surface area contributed by atoms with E-state index in [0.29, 0.717) is 26.1 Å². The van der Waals surface area contributed by atoms with Crippen LogP contribution in [0, 0.1) is 5.92 Å². The van der Waals surface area contributed by atoms with Crippen molar-refractivity contribution in [1.82, 2.24) is 15.1 Å². The first-order valence-corrected chi connectivity index (χ1v) is 9.29. The summed E-state index contributed by atoms with van der Waals surface area (Å²) in [6.45, 7) is 3.41. The van der Waals surface area contributed by atoms with E-state index in [2.05, 4.69) is 15.5 Å². The molecule has 0 bridgehead atoms. The molecule has 7 nitrogen and oxygen atoms in total. The first-order chi connectivity index (χ1) is 12.6. The second-order valence-electron chi connectivity index (χ2n) is 7.32. The molecule has 3 fully saturated rings. The molecule has 1 aliphatic carbocycles. The van der Waals surface area contributed by atoms with Gasteiger partial charge in [-0.05, 0) is 30.5 Å². The van der Waals surface area contributed by atoms with Crippen LogP contribution in [0.15, 0.2) is 24.3 Å². The number of rotatable bonds is 4. The molecule has 2 aliphatic heterocycles. The van der Waals surface area contributed by atoms with Gasteiger partial charge in [0.25, 0.3) is 0 Å². The molecule has 3 amide bonds. The van der Waals surface area contributed by atoms with Gasteiger partial charge in [-0.15, -0.1) is 0 Å². The lowest BCUT2D eigenvalue weighted by Gasteiger charge is -2.43. The van der Waals surface area contributed by atoms with E-state index in [4.69, 9.17) is 0 Å². The van der Waals surface area contributed by atoms with Gasteiger partial charge in [-0.25, -0.2) is 0 Å². The molecular formula is C19H24N4O3. The second kappa shape index (κ2) is 7.07. The maximum absolute atomic E-state index is 12.6. The van der Waals surface area contributed by atoms with E-state index in [9.17, 15) is 14.4 Å². The number of hydrogen-bond acceptors (Lipinski definition) is 4. The van der Waals surface area contributed by atoms with Gasteiger partial charge in [-0.1, -0.05) is 12.1 Å². The lowest BCUT2D eigenvalue weighted by molar-refractivity contribution is -0.139. The number of fused-ring (bicyclic) bond motifs is 1. The number of nitrogens with zero attached hydrogens (tertiary/aromatic N) is 2. The van der Waals surface area contributed by atoms with Crippen LogP contribution in [-0.2, 0) is 20.8 Å². The van der Waals surface area contributed by atoms with E-state index >= 15 is 0 Å². The molecule has 1 saturated carbocycles. The number of carbonyl (C=O) groups excluding carboxylic acids is 3. The zero-order chi connectivity index (χ0) is 18.1. The van der Waals surface area contributed by atoms with Crippen LogP contribution in [-0.4, -0.2) is 66.3 Å².